The number of carboxylic acids is 1. The van der Waals surface area contributed by atoms with Crippen molar-refractivity contribution in [1.82, 2.24) is 5.32 Å². The van der Waals surface area contributed by atoms with Crippen LogP contribution >= 0.6 is 0 Å². The van der Waals surface area contributed by atoms with Crippen LogP contribution in [-0.2, 0) is 19.1 Å². The second kappa shape index (κ2) is 6.77. The SMILES string of the molecule is COC(=O)CC[C@H](NC(=O)CN)C(=O)O. The highest BCUT2D eigenvalue weighted by Gasteiger charge is 2.20. The summed E-state index contributed by atoms with van der Waals surface area (Å²) in [6.45, 7) is -0.290. The molecule has 4 N–H and O–H groups in total. The van der Waals surface area contributed by atoms with E-state index < -0.39 is 23.9 Å². The molecule has 15 heavy (non-hydrogen) atoms. The third kappa shape index (κ3) is 5.63. The number of aliphatic carboxylic acids is 1. The average Bonchev–Trinajstić information content (AvgIpc) is 2.22. The molecule has 0 bridgehead atoms. The molecule has 0 spiro atoms. The number of carbonyl (C=O) groups excluding carboxylic acids is 2. The number of rotatable bonds is 6. The zero-order valence-corrected chi connectivity index (χ0v) is 8.36. The van der Waals surface area contributed by atoms with Crippen molar-refractivity contribution in [2.45, 2.75) is 18.9 Å². The van der Waals surface area contributed by atoms with Gasteiger partial charge in [0.1, 0.15) is 6.04 Å². The lowest BCUT2D eigenvalue weighted by atomic mass is 10.1. The first kappa shape index (κ1) is 13.4. The van der Waals surface area contributed by atoms with Crippen molar-refractivity contribution in [3.8, 4) is 0 Å². The third-order valence-corrected chi connectivity index (χ3v) is 1.68. The van der Waals surface area contributed by atoms with Crippen molar-refractivity contribution < 1.29 is 24.2 Å². The number of esters is 1. The van der Waals surface area contributed by atoms with Crippen LogP contribution < -0.4 is 11.1 Å². The van der Waals surface area contributed by atoms with Crippen LogP contribution in [-0.4, -0.2) is 42.6 Å². The van der Waals surface area contributed by atoms with Gasteiger partial charge in [0.2, 0.25) is 5.91 Å². The molecule has 0 saturated heterocycles. The molecule has 0 aliphatic heterocycles. The summed E-state index contributed by atoms with van der Waals surface area (Å²) in [5.41, 5.74) is 5.01. The van der Waals surface area contributed by atoms with Crippen molar-refractivity contribution in [1.29, 1.82) is 0 Å². The fourth-order valence-electron chi connectivity index (χ4n) is 0.875. The van der Waals surface area contributed by atoms with E-state index in [0.717, 1.165) is 0 Å². The standard InChI is InChI=1S/C8H14N2O5/c1-15-7(12)3-2-5(8(13)14)10-6(11)4-9/h5H,2-4,9H2,1H3,(H,10,11)(H,13,14)/t5-/m0/s1. The molecule has 0 aromatic heterocycles. The molecule has 1 atom stereocenters. The molecule has 0 heterocycles. The number of carbonyl (C=O) groups is 3. The van der Waals surface area contributed by atoms with E-state index in [4.69, 9.17) is 10.8 Å². The molecule has 0 aliphatic rings. The Kier molecular flexibility index (Phi) is 6.03. The largest absolute Gasteiger partial charge is 0.480 e. The number of nitrogens with one attached hydrogen (secondary N) is 1. The van der Waals surface area contributed by atoms with Crippen LogP contribution in [0, 0.1) is 0 Å². The zero-order chi connectivity index (χ0) is 11.8. The Morgan fingerprint density at radius 2 is 2.07 bits per heavy atom. The fourth-order valence-corrected chi connectivity index (χ4v) is 0.875. The molecule has 86 valence electrons. The molecule has 7 heteroatoms. The number of methoxy groups -OCH3 is 1. The maximum absolute atomic E-state index is 10.8. The molecule has 0 saturated carbocycles. The van der Waals surface area contributed by atoms with Crippen LogP contribution in [0.4, 0.5) is 0 Å². The minimum absolute atomic E-state index is 0.0201. The van der Waals surface area contributed by atoms with Crippen LogP contribution in [0.1, 0.15) is 12.8 Å². The van der Waals surface area contributed by atoms with E-state index in [0.29, 0.717) is 0 Å². The third-order valence-electron chi connectivity index (χ3n) is 1.68. The molecular formula is C8H14N2O5. The molecule has 0 aromatic carbocycles. The summed E-state index contributed by atoms with van der Waals surface area (Å²) in [6, 6.07) is -1.11. The quantitative estimate of drug-likeness (QED) is 0.465. The maximum Gasteiger partial charge on any atom is 0.326 e. The Balaban J connectivity index is 4.11. The van der Waals surface area contributed by atoms with E-state index >= 15 is 0 Å². The molecule has 0 unspecified atom stereocenters. The summed E-state index contributed by atoms with van der Waals surface area (Å²) in [6.07, 6.45) is -0.0912. The van der Waals surface area contributed by atoms with Crippen LogP contribution in [0.2, 0.25) is 0 Å². The van der Waals surface area contributed by atoms with Crippen LogP contribution in [0.25, 0.3) is 0 Å². The van der Waals surface area contributed by atoms with Gasteiger partial charge in [-0.3, -0.25) is 9.59 Å². The maximum atomic E-state index is 10.8. The number of nitrogens with two attached hydrogens (primary N) is 1. The first-order chi connectivity index (χ1) is 7.01. The number of amides is 1. The molecule has 0 aromatic rings. The van der Waals surface area contributed by atoms with Crippen molar-refractivity contribution in [2.75, 3.05) is 13.7 Å². The van der Waals surface area contributed by atoms with Crippen molar-refractivity contribution in [3.05, 3.63) is 0 Å². The molecule has 0 aliphatic carbocycles. The van der Waals surface area contributed by atoms with E-state index in [2.05, 4.69) is 10.1 Å². The van der Waals surface area contributed by atoms with Gasteiger partial charge in [-0.1, -0.05) is 0 Å². The second-order valence-corrected chi connectivity index (χ2v) is 2.78. The summed E-state index contributed by atoms with van der Waals surface area (Å²) in [4.78, 5) is 32.2. The van der Waals surface area contributed by atoms with Gasteiger partial charge in [-0.05, 0) is 6.42 Å². The van der Waals surface area contributed by atoms with Gasteiger partial charge >= 0.3 is 11.9 Å². The minimum atomic E-state index is -1.21. The Hall–Kier alpha value is -1.63. The number of hydrogen-bond donors (Lipinski definition) is 3. The summed E-state index contributed by atoms with van der Waals surface area (Å²) >= 11 is 0. The molecule has 0 rings (SSSR count). The van der Waals surface area contributed by atoms with Gasteiger partial charge in [0, 0.05) is 6.42 Å². The monoisotopic (exact) mass is 218 g/mol. The molecule has 0 radical (unpaired) electrons. The molecular weight excluding hydrogens is 204 g/mol. The van der Waals surface area contributed by atoms with Gasteiger partial charge < -0.3 is 20.9 Å². The predicted molar refractivity (Wildman–Crippen MR) is 49.9 cm³/mol. The van der Waals surface area contributed by atoms with Gasteiger partial charge in [-0.15, -0.1) is 0 Å². The van der Waals surface area contributed by atoms with Gasteiger partial charge in [-0.2, -0.15) is 0 Å². The van der Waals surface area contributed by atoms with Gasteiger partial charge in [0.05, 0.1) is 13.7 Å². The second-order valence-electron chi connectivity index (χ2n) is 2.78. The van der Waals surface area contributed by atoms with E-state index in [9.17, 15) is 14.4 Å². The van der Waals surface area contributed by atoms with Crippen LogP contribution in [0.15, 0.2) is 0 Å². The van der Waals surface area contributed by atoms with Crippen molar-refractivity contribution >= 4 is 17.8 Å². The number of ether oxygens (including phenoxy) is 1. The zero-order valence-electron chi connectivity index (χ0n) is 8.36. The van der Waals surface area contributed by atoms with Gasteiger partial charge in [-0.25, -0.2) is 4.79 Å². The topological polar surface area (TPSA) is 119 Å². The summed E-state index contributed by atoms with van der Waals surface area (Å²) < 4.78 is 4.34. The van der Waals surface area contributed by atoms with E-state index in [1.807, 2.05) is 0 Å². The van der Waals surface area contributed by atoms with E-state index in [1.165, 1.54) is 7.11 Å². The number of carboxylic acid groups (broad SMARTS) is 1. The molecule has 1 amide bonds. The normalized spacial score (nSPS) is 11.6. The Morgan fingerprint density at radius 3 is 2.47 bits per heavy atom. The van der Waals surface area contributed by atoms with Crippen LogP contribution in [0.3, 0.4) is 0 Å². The summed E-state index contributed by atoms with van der Waals surface area (Å²) in [7, 11) is 1.20. The fraction of sp³-hybridized carbons (Fsp3) is 0.625. The molecule has 7 nitrogen and oxygen atoms in total. The van der Waals surface area contributed by atoms with Gasteiger partial charge in [0.25, 0.3) is 0 Å². The lowest BCUT2D eigenvalue weighted by Crippen LogP contribution is -2.43. The summed E-state index contributed by atoms with van der Waals surface area (Å²) in [5.74, 6) is -2.31. The smallest absolute Gasteiger partial charge is 0.326 e. The summed E-state index contributed by atoms with van der Waals surface area (Å²) in [5, 5.41) is 10.9. The number of hydrogen-bond acceptors (Lipinski definition) is 5. The molecule has 0 fully saturated rings. The average molecular weight is 218 g/mol. The Morgan fingerprint density at radius 1 is 1.47 bits per heavy atom. The lowest BCUT2D eigenvalue weighted by molar-refractivity contribution is -0.143. The highest BCUT2D eigenvalue weighted by molar-refractivity contribution is 5.84. The van der Waals surface area contributed by atoms with E-state index in [1.54, 1.807) is 0 Å². The predicted octanol–water partition coefficient (Wildman–Crippen LogP) is -1.53. The van der Waals surface area contributed by atoms with Crippen molar-refractivity contribution in [2.24, 2.45) is 5.73 Å². The Bertz CT molecular complexity index is 253. The first-order valence-corrected chi connectivity index (χ1v) is 4.30. The van der Waals surface area contributed by atoms with E-state index in [-0.39, 0.29) is 19.4 Å². The first-order valence-electron chi connectivity index (χ1n) is 4.30. The highest BCUT2D eigenvalue weighted by Crippen LogP contribution is 1.99. The lowest BCUT2D eigenvalue weighted by Gasteiger charge is -2.12. The minimum Gasteiger partial charge on any atom is -0.480 e. The highest BCUT2D eigenvalue weighted by atomic mass is 16.5. The Labute approximate surface area is 86.6 Å². The van der Waals surface area contributed by atoms with Crippen LogP contribution in [0.5, 0.6) is 0 Å². The van der Waals surface area contributed by atoms with Gasteiger partial charge in [0.15, 0.2) is 0 Å². The van der Waals surface area contributed by atoms with Crippen molar-refractivity contribution in [3.63, 3.8) is 0 Å².